The minimum atomic E-state index is -0.882. The SMILES string of the molecule is CCOC(=O)CCCCCN(CCN(C(=O)OC(C)(C)C)C(=O)OC(C)(C)C)C(=O)OC1=CC=C2[C@H]3Cc4ccc(OC)c5c4[C@@]2(CCN3C)C1O5. The second-order valence-electron chi connectivity index (χ2n) is 15.8. The van der Waals surface area contributed by atoms with E-state index in [2.05, 4.69) is 24.1 Å². The molecule has 2 aliphatic carbocycles. The molecule has 5 rings (SSSR count). The van der Waals surface area contributed by atoms with Gasteiger partial charge in [-0.05, 0) is 111 Å². The van der Waals surface area contributed by atoms with E-state index in [1.807, 2.05) is 12.1 Å². The van der Waals surface area contributed by atoms with E-state index in [1.165, 1.54) is 16.0 Å². The van der Waals surface area contributed by atoms with E-state index in [0.717, 1.165) is 29.8 Å². The summed E-state index contributed by atoms with van der Waals surface area (Å²) in [5, 5.41) is 0. The van der Waals surface area contributed by atoms with Gasteiger partial charge in [-0.3, -0.25) is 9.69 Å². The molecule has 1 spiro atoms. The Morgan fingerprint density at radius 2 is 1.62 bits per heavy atom. The number of methoxy groups -OCH3 is 1. The van der Waals surface area contributed by atoms with Gasteiger partial charge in [0.15, 0.2) is 23.4 Å². The smallest absolute Gasteiger partial charge is 0.419 e. The third kappa shape index (κ3) is 8.19. The van der Waals surface area contributed by atoms with Crippen molar-refractivity contribution in [2.45, 2.75) is 116 Å². The van der Waals surface area contributed by atoms with Crippen LogP contribution in [-0.2, 0) is 35.6 Å². The number of likely N-dealkylation sites (tertiary alicyclic amines) is 1. The third-order valence-corrected chi connectivity index (χ3v) is 9.82. The van der Waals surface area contributed by atoms with Gasteiger partial charge in [-0.2, -0.15) is 0 Å². The predicted octanol–water partition coefficient (Wildman–Crippen LogP) is 6.51. The summed E-state index contributed by atoms with van der Waals surface area (Å²) in [6, 6.07) is 4.24. The minimum absolute atomic E-state index is 0.0503. The molecular formula is C39H55N3O10. The highest BCUT2D eigenvalue weighted by Crippen LogP contribution is 2.62. The molecule has 0 aromatic heterocycles. The molecule has 2 aliphatic heterocycles. The zero-order valence-corrected chi connectivity index (χ0v) is 32.2. The first-order chi connectivity index (χ1) is 24.5. The second kappa shape index (κ2) is 15.4. The van der Waals surface area contributed by atoms with Crippen LogP contribution >= 0.6 is 0 Å². The number of benzene rings is 1. The summed E-state index contributed by atoms with van der Waals surface area (Å²) in [4.78, 5) is 57.3. The van der Waals surface area contributed by atoms with Crippen molar-refractivity contribution in [3.8, 4) is 11.5 Å². The number of amides is 3. The second-order valence-corrected chi connectivity index (χ2v) is 15.8. The van der Waals surface area contributed by atoms with Crippen LogP contribution < -0.4 is 9.47 Å². The molecule has 0 saturated carbocycles. The lowest BCUT2D eigenvalue weighted by atomic mass is 9.57. The number of hydrogen-bond donors (Lipinski definition) is 0. The molecule has 3 amide bonds. The maximum atomic E-state index is 14.2. The first-order valence-electron chi connectivity index (χ1n) is 18.3. The van der Waals surface area contributed by atoms with Crippen LogP contribution in [0.2, 0.25) is 0 Å². The summed E-state index contributed by atoms with van der Waals surface area (Å²) < 4.78 is 34.8. The van der Waals surface area contributed by atoms with Crippen LogP contribution in [0.25, 0.3) is 0 Å². The molecule has 1 aromatic carbocycles. The lowest BCUT2D eigenvalue weighted by Crippen LogP contribution is -2.58. The topological polar surface area (TPSA) is 133 Å². The molecule has 2 heterocycles. The van der Waals surface area contributed by atoms with Crippen LogP contribution in [-0.4, -0.2) is 109 Å². The van der Waals surface area contributed by atoms with Crippen molar-refractivity contribution in [3.63, 3.8) is 0 Å². The van der Waals surface area contributed by atoms with E-state index in [4.69, 9.17) is 28.4 Å². The fourth-order valence-electron chi connectivity index (χ4n) is 7.57. The zero-order valence-electron chi connectivity index (χ0n) is 32.2. The number of carbonyl (C=O) groups is 4. The largest absolute Gasteiger partial charge is 0.493 e. The van der Waals surface area contributed by atoms with Crippen LogP contribution in [0.1, 0.15) is 91.7 Å². The van der Waals surface area contributed by atoms with E-state index in [-0.39, 0.29) is 38.1 Å². The zero-order chi connectivity index (χ0) is 38.0. The average Bonchev–Trinajstić information content (AvgIpc) is 3.40. The Balaban J connectivity index is 1.39. The van der Waals surface area contributed by atoms with E-state index >= 15 is 0 Å². The number of unbranched alkanes of at least 4 members (excludes halogenated alkanes) is 2. The molecule has 4 aliphatic rings. The fourth-order valence-corrected chi connectivity index (χ4v) is 7.57. The Bertz CT molecular complexity index is 1580. The van der Waals surface area contributed by atoms with Gasteiger partial charge in [0.2, 0.25) is 0 Å². The number of likely N-dealkylation sites (N-methyl/N-ethyl adjacent to an activating group) is 1. The molecule has 2 bridgehead atoms. The van der Waals surface area contributed by atoms with Crippen molar-refractivity contribution in [2.75, 3.05) is 46.9 Å². The van der Waals surface area contributed by atoms with Gasteiger partial charge in [0.1, 0.15) is 11.2 Å². The van der Waals surface area contributed by atoms with E-state index in [9.17, 15) is 19.2 Å². The standard InChI is InChI=1S/C39H55N3O10/c1-10-48-30(43)14-12-11-13-20-41(22-23-42(35(45)51-37(2,3)4)36(46)52-38(5,6)7)34(44)49-29-18-16-26-27-24-25-15-17-28(47-9)32-31(25)39(26,33(29)50-32)19-21-40(27)8/h15-18,27,33H,10-14,19-24H2,1-9H3/t27-,33?,39+/m1/s1. The van der Waals surface area contributed by atoms with E-state index in [0.29, 0.717) is 43.1 Å². The van der Waals surface area contributed by atoms with Gasteiger partial charge in [0.25, 0.3) is 0 Å². The molecule has 1 saturated heterocycles. The Morgan fingerprint density at radius 3 is 2.25 bits per heavy atom. The summed E-state index contributed by atoms with van der Waals surface area (Å²) in [6.45, 7) is 13.2. The molecule has 13 heteroatoms. The quantitative estimate of drug-likeness (QED) is 0.133. The molecule has 0 N–H and O–H groups in total. The molecule has 52 heavy (non-hydrogen) atoms. The number of ether oxygens (including phenoxy) is 6. The number of imide groups is 1. The minimum Gasteiger partial charge on any atom is -0.493 e. The summed E-state index contributed by atoms with van der Waals surface area (Å²) in [6.07, 6.45) is 4.58. The van der Waals surface area contributed by atoms with Crippen molar-refractivity contribution in [2.24, 2.45) is 0 Å². The van der Waals surface area contributed by atoms with Crippen LogP contribution in [0.15, 0.2) is 35.6 Å². The Labute approximate surface area is 307 Å². The summed E-state index contributed by atoms with van der Waals surface area (Å²) in [5.41, 5.74) is 1.31. The molecular weight excluding hydrogens is 670 g/mol. The Hall–Kier alpha value is -4.26. The average molecular weight is 726 g/mol. The molecule has 1 unspecified atom stereocenters. The Morgan fingerprint density at radius 1 is 0.923 bits per heavy atom. The Kier molecular flexibility index (Phi) is 11.5. The number of piperidine rings is 1. The maximum Gasteiger partial charge on any atom is 0.419 e. The number of hydrogen-bond acceptors (Lipinski definition) is 11. The van der Waals surface area contributed by atoms with Crippen molar-refractivity contribution >= 4 is 24.2 Å². The van der Waals surface area contributed by atoms with Crippen LogP contribution in [0.4, 0.5) is 14.4 Å². The highest BCUT2D eigenvalue weighted by atomic mass is 16.6. The molecule has 1 fully saturated rings. The monoisotopic (exact) mass is 725 g/mol. The number of rotatable bonds is 12. The van der Waals surface area contributed by atoms with Gasteiger partial charge in [-0.25, -0.2) is 19.3 Å². The van der Waals surface area contributed by atoms with Crippen molar-refractivity contribution in [1.82, 2.24) is 14.7 Å². The first-order valence-corrected chi connectivity index (χ1v) is 18.3. The van der Waals surface area contributed by atoms with Crippen molar-refractivity contribution in [3.05, 3.63) is 46.7 Å². The molecule has 13 nitrogen and oxygen atoms in total. The van der Waals surface area contributed by atoms with Gasteiger partial charge in [0.05, 0.1) is 25.7 Å². The number of allylic oxidation sites excluding steroid dienone is 2. The highest BCUT2D eigenvalue weighted by Gasteiger charge is 2.62. The van der Waals surface area contributed by atoms with Gasteiger partial charge in [-0.15, -0.1) is 0 Å². The van der Waals surface area contributed by atoms with Crippen LogP contribution in [0, 0.1) is 0 Å². The van der Waals surface area contributed by atoms with Crippen LogP contribution in [0.5, 0.6) is 11.5 Å². The molecule has 1 aromatic rings. The normalized spacial score (nSPS) is 21.5. The molecule has 0 radical (unpaired) electrons. The number of carbonyl (C=O) groups excluding carboxylic acids is 4. The van der Waals surface area contributed by atoms with Gasteiger partial charge < -0.3 is 33.3 Å². The highest BCUT2D eigenvalue weighted by molar-refractivity contribution is 5.88. The summed E-state index contributed by atoms with van der Waals surface area (Å²) in [7, 11) is 3.76. The number of esters is 1. The first kappa shape index (κ1) is 39.0. The summed E-state index contributed by atoms with van der Waals surface area (Å²) in [5.74, 6) is 1.44. The van der Waals surface area contributed by atoms with E-state index in [1.54, 1.807) is 55.6 Å². The maximum absolute atomic E-state index is 14.2. The lowest BCUT2D eigenvalue weighted by Gasteiger charge is -2.52. The third-order valence-electron chi connectivity index (χ3n) is 9.82. The number of nitrogens with zero attached hydrogens (tertiary/aromatic N) is 3. The lowest BCUT2D eigenvalue weighted by molar-refractivity contribution is -0.143. The molecule has 286 valence electrons. The van der Waals surface area contributed by atoms with Gasteiger partial charge >= 0.3 is 24.2 Å². The fraction of sp³-hybridized carbons (Fsp3) is 0.641. The van der Waals surface area contributed by atoms with Crippen molar-refractivity contribution < 1.29 is 47.6 Å². The van der Waals surface area contributed by atoms with Crippen LogP contribution in [0.3, 0.4) is 0 Å². The summed E-state index contributed by atoms with van der Waals surface area (Å²) >= 11 is 0. The predicted molar refractivity (Wildman–Crippen MR) is 192 cm³/mol. The van der Waals surface area contributed by atoms with Gasteiger partial charge in [-0.1, -0.05) is 18.6 Å². The van der Waals surface area contributed by atoms with E-state index < -0.39 is 41.0 Å². The van der Waals surface area contributed by atoms with Gasteiger partial charge in [0, 0.05) is 31.1 Å². The molecule has 3 atom stereocenters. The van der Waals surface area contributed by atoms with Crippen molar-refractivity contribution in [1.29, 1.82) is 0 Å².